The molecular formula is C17H17NO. The van der Waals surface area contributed by atoms with Gasteiger partial charge in [0.1, 0.15) is 0 Å². The molecule has 1 aromatic carbocycles. The van der Waals surface area contributed by atoms with Gasteiger partial charge >= 0.3 is 0 Å². The van der Waals surface area contributed by atoms with Gasteiger partial charge < -0.3 is 4.57 Å². The Morgan fingerprint density at radius 2 is 1.95 bits per heavy atom. The summed E-state index contributed by atoms with van der Waals surface area (Å²) in [6.07, 6.45) is 0.997. The van der Waals surface area contributed by atoms with Crippen LogP contribution in [-0.4, -0.2) is 10.4 Å². The van der Waals surface area contributed by atoms with Gasteiger partial charge in [-0.1, -0.05) is 42.5 Å². The number of allylic oxidation sites excluding steroid dienone is 1. The minimum absolute atomic E-state index is 0.106. The van der Waals surface area contributed by atoms with E-state index in [4.69, 9.17) is 0 Å². The second-order valence-corrected chi connectivity index (χ2v) is 5.26. The Bertz CT molecular complexity index is 637. The Morgan fingerprint density at radius 1 is 1.21 bits per heavy atom. The number of benzene rings is 1. The molecule has 0 bridgehead atoms. The first-order valence-corrected chi connectivity index (χ1v) is 6.60. The van der Waals surface area contributed by atoms with Crippen LogP contribution in [0.25, 0.3) is 0 Å². The standard InChI is InChI=1S/C17H17NO/c1-12(2)14-10-15-8-9-16(18(15)11-14)17(19)13-6-4-3-5-7-13/h3-9,14H,1,10-11H2,2H3. The summed E-state index contributed by atoms with van der Waals surface area (Å²) >= 11 is 0. The molecule has 0 N–H and O–H groups in total. The number of hydrogen-bond donors (Lipinski definition) is 0. The molecule has 1 aromatic heterocycles. The molecule has 19 heavy (non-hydrogen) atoms. The van der Waals surface area contributed by atoms with E-state index in [1.54, 1.807) is 0 Å². The van der Waals surface area contributed by atoms with E-state index in [0.717, 1.165) is 24.2 Å². The Kier molecular flexibility index (Phi) is 2.86. The van der Waals surface area contributed by atoms with Crippen LogP contribution < -0.4 is 0 Å². The van der Waals surface area contributed by atoms with Gasteiger partial charge in [-0.05, 0) is 25.5 Å². The first kappa shape index (κ1) is 12.0. The summed E-state index contributed by atoms with van der Waals surface area (Å²) in [4.78, 5) is 12.5. The van der Waals surface area contributed by atoms with E-state index >= 15 is 0 Å². The minimum Gasteiger partial charge on any atom is -0.341 e. The van der Waals surface area contributed by atoms with Gasteiger partial charge in [0.05, 0.1) is 5.69 Å². The second kappa shape index (κ2) is 4.54. The van der Waals surface area contributed by atoms with Crippen molar-refractivity contribution in [2.45, 2.75) is 19.9 Å². The van der Waals surface area contributed by atoms with Crippen LogP contribution in [0.4, 0.5) is 0 Å². The van der Waals surface area contributed by atoms with Crippen molar-refractivity contribution in [3.05, 3.63) is 71.6 Å². The third-order valence-electron chi connectivity index (χ3n) is 3.90. The van der Waals surface area contributed by atoms with Crippen molar-refractivity contribution in [2.24, 2.45) is 5.92 Å². The number of rotatable bonds is 3. The average molecular weight is 251 g/mol. The molecule has 2 nitrogen and oxygen atoms in total. The lowest BCUT2D eigenvalue weighted by Crippen LogP contribution is -2.11. The number of fused-ring (bicyclic) bond motifs is 1. The number of aromatic nitrogens is 1. The SMILES string of the molecule is C=C(C)C1Cc2ccc(C(=O)c3ccccc3)n2C1. The van der Waals surface area contributed by atoms with E-state index < -0.39 is 0 Å². The number of hydrogen-bond acceptors (Lipinski definition) is 1. The maximum absolute atomic E-state index is 12.5. The predicted octanol–water partition coefficient (Wildman–Crippen LogP) is 3.47. The van der Waals surface area contributed by atoms with Crippen molar-refractivity contribution in [1.29, 1.82) is 0 Å². The summed E-state index contributed by atoms with van der Waals surface area (Å²) in [6.45, 7) is 6.98. The topological polar surface area (TPSA) is 22.0 Å². The molecule has 2 aromatic rings. The molecule has 0 aliphatic carbocycles. The number of ketones is 1. The highest BCUT2D eigenvalue weighted by molar-refractivity contribution is 6.08. The van der Waals surface area contributed by atoms with E-state index in [1.807, 2.05) is 36.4 Å². The lowest BCUT2D eigenvalue weighted by Gasteiger charge is -2.09. The third-order valence-corrected chi connectivity index (χ3v) is 3.90. The van der Waals surface area contributed by atoms with Crippen molar-refractivity contribution >= 4 is 5.78 Å². The summed E-state index contributed by atoms with van der Waals surface area (Å²) in [6, 6.07) is 13.5. The zero-order valence-electron chi connectivity index (χ0n) is 11.1. The quantitative estimate of drug-likeness (QED) is 0.605. The number of carbonyl (C=O) groups excluding carboxylic acids is 1. The maximum Gasteiger partial charge on any atom is 0.209 e. The molecule has 2 heteroatoms. The van der Waals surface area contributed by atoms with Gasteiger partial charge in [0.15, 0.2) is 0 Å². The first-order valence-electron chi connectivity index (χ1n) is 6.60. The summed E-state index contributed by atoms with van der Waals surface area (Å²) in [5, 5.41) is 0. The van der Waals surface area contributed by atoms with Crippen LogP contribution in [0.1, 0.15) is 28.7 Å². The molecule has 96 valence electrons. The van der Waals surface area contributed by atoms with Gasteiger partial charge in [0.25, 0.3) is 0 Å². The Labute approximate surface area is 113 Å². The summed E-state index contributed by atoms with van der Waals surface area (Å²) in [5.74, 6) is 0.577. The molecule has 0 radical (unpaired) electrons. The molecule has 0 saturated heterocycles. The molecule has 0 amide bonds. The number of nitrogens with zero attached hydrogens (tertiary/aromatic N) is 1. The van der Waals surface area contributed by atoms with E-state index in [9.17, 15) is 4.79 Å². The zero-order chi connectivity index (χ0) is 13.4. The highest BCUT2D eigenvalue weighted by Crippen LogP contribution is 2.28. The Balaban J connectivity index is 1.93. The fourth-order valence-electron chi connectivity index (χ4n) is 2.71. The van der Waals surface area contributed by atoms with Crippen LogP contribution in [-0.2, 0) is 13.0 Å². The Morgan fingerprint density at radius 3 is 2.63 bits per heavy atom. The van der Waals surface area contributed by atoms with Crippen LogP contribution in [0.15, 0.2) is 54.6 Å². The summed E-state index contributed by atoms with van der Waals surface area (Å²) < 4.78 is 2.15. The second-order valence-electron chi connectivity index (χ2n) is 5.26. The first-order chi connectivity index (χ1) is 9.16. The fraction of sp³-hybridized carbons (Fsp3) is 0.235. The van der Waals surface area contributed by atoms with E-state index in [1.165, 1.54) is 11.3 Å². The van der Waals surface area contributed by atoms with Crippen molar-refractivity contribution in [1.82, 2.24) is 4.57 Å². The van der Waals surface area contributed by atoms with E-state index in [-0.39, 0.29) is 5.78 Å². The van der Waals surface area contributed by atoms with Gasteiger partial charge in [-0.3, -0.25) is 4.79 Å². The molecular weight excluding hydrogens is 234 g/mol. The van der Waals surface area contributed by atoms with Crippen LogP contribution >= 0.6 is 0 Å². The molecule has 0 saturated carbocycles. The molecule has 3 rings (SSSR count). The molecule has 0 spiro atoms. The van der Waals surface area contributed by atoms with Gasteiger partial charge in [0.2, 0.25) is 5.78 Å². The lowest BCUT2D eigenvalue weighted by atomic mass is 9.99. The van der Waals surface area contributed by atoms with Crippen LogP contribution in [0.5, 0.6) is 0 Å². The van der Waals surface area contributed by atoms with Crippen LogP contribution in [0.3, 0.4) is 0 Å². The van der Waals surface area contributed by atoms with Crippen molar-refractivity contribution < 1.29 is 4.79 Å². The zero-order valence-corrected chi connectivity index (χ0v) is 11.1. The van der Waals surface area contributed by atoms with E-state index in [2.05, 4.69) is 24.1 Å². The average Bonchev–Trinajstić information content (AvgIpc) is 2.98. The molecule has 2 heterocycles. The van der Waals surface area contributed by atoms with E-state index in [0.29, 0.717) is 5.92 Å². The van der Waals surface area contributed by atoms with Crippen molar-refractivity contribution in [2.75, 3.05) is 0 Å². The molecule has 0 fully saturated rings. The third kappa shape index (κ3) is 2.03. The number of carbonyl (C=O) groups is 1. The highest BCUT2D eigenvalue weighted by atomic mass is 16.1. The summed E-state index contributed by atoms with van der Waals surface area (Å²) in [5.41, 5.74) is 3.99. The van der Waals surface area contributed by atoms with Crippen LogP contribution in [0, 0.1) is 5.92 Å². The van der Waals surface area contributed by atoms with Gasteiger partial charge in [0, 0.05) is 23.7 Å². The molecule has 1 aliphatic rings. The van der Waals surface area contributed by atoms with Gasteiger partial charge in [-0.15, -0.1) is 0 Å². The van der Waals surface area contributed by atoms with Crippen molar-refractivity contribution in [3.63, 3.8) is 0 Å². The van der Waals surface area contributed by atoms with Gasteiger partial charge in [-0.25, -0.2) is 0 Å². The normalized spacial score (nSPS) is 17.2. The smallest absolute Gasteiger partial charge is 0.209 e. The maximum atomic E-state index is 12.5. The minimum atomic E-state index is 0.106. The van der Waals surface area contributed by atoms with Crippen molar-refractivity contribution in [3.8, 4) is 0 Å². The highest BCUT2D eigenvalue weighted by Gasteiger charge is 2.26. The largest absolute Gasteiger partial charge is 0.341 e. The van der Waals surface area contributed by atoms with Crippen LogP contribution in [0.2, 0.25) is 0 Å². The van der Waals surface area contributed by atoms with Gasteiger partial charge in [-0.2, -0.15) is 0 Å². The molecule has 1 aliphatic heterocycles. The lowest BCUT2D eigenvalue weighted by molar-refractivity contribution is 0.103. The fourth-order valence-corrected chi connectivity index (χ4v) is 2.71. The summed E-state index contributed by atoms with van der Waals surface area (Å²) in [7, 11) is 0. The molecule has 1 unspecified atom stereocenters. The monoisotopic (exact) mass is 251 g/mol. The predicted molar refractivity (Wildman–Crippen MR) is 76.3 cm³/mol. The Hall–Kier alpha value is -2.09. The molecule has 1 atom stereocenters.